The van der Waals surface area contributed by atoms with Crippen LogP contribution < -0.4 is 4.74 Å². The van der Waals surface area contributed by atoms with Gasteiger partial charge >= 0.3 is 0 Å². The molecule has 5 nitrogen and oxygen atoms in total. The number of fused-ring (bicyclic) bond motifs is 1. The van der Waals surface area contributed by atoms with Crippen molar-refractivity contribution in [2.24, 2.45) is 0 Å². The van der Waals surface area contributed by atoms with E-state index < -0.39 is 0 Å². The molecule has 4 rings (SSSR count). The molecule has 1 aliphatic heterocycles. The van der Waals surface area contributed by atoms with Gasteiger partial charge in [-0.15, -0.1) is 0 Å². The van der Waals surface area contributed by atoms with Gasteiger partial charge in [0.2, 0.25) is 0 Å². The number of benzene rings is 2. The standard InChI is InChI=1S/C21H22N4O/c1-26-18-5-6-19-20(12-18)24-21(23-19)17-7-9-25(10-8-17)14-16-4-2-3-15(11-16)13-22/h2-6,11-12,17H,7-10,14H2,1H3,(H,23,24). The molecule has 0 amide bonds. The summed E-state index contributed by atoms with van der Waals surface area (Å²) in [7, 11) is 1.68. The number of nitrogens with one attached hydrogen (secondary N) is 1. The highest BCUT2D eigenvalue weighted by molar-refractivity contribution is 5.76. The molecule has 132 valence electrons. The summed E-state index contributed by atoms with van der Waals surface area (Å²) in [5, 5.41) is 9.04. The lowest BCUT2D eigenvalue weighted by molar-refractivity contribution is 0.202. The zero-order chi connectivity index (χ0) is 17.9. The quantitative estimate of drug-likeness (QED) is 0.780. The van der Waals surface area contributed by atoms with Gasteiger partial charge in [-0.2, -0.15) is 5.26 Å². The number of rotatable bonds is 4. The number of likely N-dealkylation sites (tertiary alicyclic amines) is 1. The minimum atomic E-state index is 0.468. The van der Waals surface area contributed by atoms with E-state index >= 15 is 0 Å². The van der Waals surface area contributed by atoms with Gasteiger partial charge in [0, 0.05) is 18.5 Å². The fourth-order valence-electron chi connectivity index (χ4n) is 3.69. The molecular weight excluding hydrogens is 324 g/mol. The SMILES string of the molecule is COc1ccc2nc(C3CCN(Cc4cccc(C#N)c4)CC3)[nH]c2c1. The van der Waals surface area contributed by atoms with Crippen molar-refractivity contribution in [1.82, 2.24) is 14.9 Å². The fourth-order valence-corrected chi connectivity index (χ4v) is 3.69. The first-order chi connectivity index (χ1) is 12.7. The van der Waals surface area contributed by atoms with Crippen molar-refractivity contribution in [3.63, 3.8) is 0 Å². The van der Waals surface area contributed by atoms with Crippen LogP contribution in [0, 0.1) is 11.3 Å². The van der Waals surface area contributed by atoms with E-state index in [1.54, 1.807) is 7.11 Å². The van der Waals surface area contributed by atoms with Crippen molar-refractivity contribution in [1.29, 1.82) is 5.26 Å². The van der Waals surface area contributed by atoms with Crippen LogP contribution in [-0.2, 0) is 6.54 Å². The minimum Gasteiger partial charge on any atom is -0.497 e. The molecule has 1 aromatic heterocycles. The van der Waals surface area contributed by atoms with Crippen LogP contribution in [0.3, 0.4) is 0 Å². The Morgan fingerprint density at radius 2 is 2.08 bits per heavy atom. The van der Waals surface area contributed by atoms with E-state index in [1.165, 1.54) is 5.56 Å². The molecule has 5 heteroatoms. The maximum Gasteiger partial charge on any atom is 0.121 e. The number of hydrogen-bond acceptors (Lipinski definition) is 4. The highest BCUT2D eigenvalue weighted by Crippen LogP contribution is 2.29. The van der Waals surface area contributed by atoms with E-state index in [4.69, 9.17) is 15.0 Å². The Labute approximate surface area is 153 Å². The molecular formula is C21H22N4O. The van der Waals surface area contributed by atoms with Crippen LogP contribution in [0.1, 0.15) is 35.7 Å². The number of piperidine rings is 1. The number of aromatic amines is 1. The number of methoxy groups -OCH3 is 1. The molecule has 0 aliphatic carbocycles. The third kappa shape index (κ3) is 3.42. The van der Waals surface area contributed by atoms with Crippen LogP contribution in [0.4, 0.5) is 0 Å². The molecule has 0 unspecified atom stereocenters. The summed E-state index contributed by atoms with van der Waals surface area (Å²) < 4.78 is 5.29. The second-order valence-electron chi connectivity index (χ2n) is 6.87. The molecule has 3 aromatic rings. The van der Waals surface area contributed by atoms with Crippen LogP contribution >= 0.6 is 0 Å². The van der Waals surface area contributed by atoms with Crippen LogP contribution in [0.25, 0.3) is 11.0 Å². The summed E-state index contributed by atoms with van der Waals surface area (Å²) in [6.07, 6.45) is 2.18. The zero-order valence-electron chi connectivity index (χ0n) is 14.9. The predicted molar refractivity (Wildman–Crippen MR) is 101 cm³/mol. The molecule has 0 radical (unpaired) electrons. The average molecular weight is 346 g/mol. The number of imidazole rings is 1. The van der Waals surface area contributed by atoms with Crippen molar-refractivity contribution < 1.29 is 4.74 Å². The van der Waals surface area contributed by atoms with Gasteiger partial charge in [0.1, 0.15) is 11.6 Å². The second kappa shape index (κ2) is 7.19. The largest absolute Gasteiger partial charge is 0.497 e. The summed E-state index contributed by atoms with van der Waals surface area (Å²) in [6, 6.07) is 16.1. The maximum absolute atomic E-state index is 9.04. The molecule has 0 atom stereocenters. The third-order valence-corrected chi connectivity index (χ3v) is 5.14. The van der Waals surface area contributed by atoms with Gasteiger partial charge in [0.05, 0.1) is 29.8 Å². The summed E-state index contributed by atoms with van der Waals surface area (Å²) in [6.45, 7) is 2.99. The summed E-state index contributed by atoms with van der Waals surface area (Å²) >= 11 is 0. The first kappa shape index (κ1) is 16.6. The smallest absolute Gasteiger partial charge is 0.121 e. The Morgan fingerprint density at radius 3 is 2.85 bits per heavy atom. The van der Waals surface area contributed by atoms with Gasteiger partial charge in [-0.05, 0) is 55.8 Å². The van der Waals surface area contributed by atoms with E-state index in [2.05, 4.69) is 22.0 Å². The van der Waals surface area contributed by atoms with E-state index in [0.717, 1.165) is 60.6 Å². The Kier molecular flexibility index (Phi) is 4.59. The van der Waals surface area contributed by atoms with Crippen molar-refractivity contribution in [2.75, 3.05) is 20.2 Å². The lowest BCUT2D eigenvalue weighted by Crippen LogP contribution is -2.32. The Balaban J connectivity index is 1.41. The number of aromatic nitrogens is 2. The molecule has 0 bridgehead atoms. The number of nitrogens with zero attached hydrogens (tertiary/aromatic N) is 3. The molecule has 26 heavy (non-hydrogen) atoms. The molecule has 0 saturated carbocycles. The van der Waals surface area contributed by atoms with Crippen molar-refractivity contribution in [3.8, 4) is 11.8 Å². The molecule has 0 spiro atoms. The topological polar surface area (TPSA) is 64.9 Å². The normalized spacial score (nSPS) is 15.8. The number of nitriles is 1. The maximum atomic E-state index is 9.04. The zero-order valence-corrected chi connectivity index (χ0v) is 14.9. The first-order valence-electron chi connectivity index (χ1n) is 9.00. The Bertz CT molecular complexity index is 948. The van der Waals surface area contributed by atoms with Crippen LogP contribution in [0.2, 0.25) is 0 Å². The minimum absolute atomic E-state index is 0.468. The Hall–Kier alpha value is -2.84. The van der Waals surface area contributed by atoms with Gasteiger partial charge in [-0.25, -0.2) is 4.98 Å². The lowest BCUT2D eigenvalue weighted by atomic mass is 9.95. The van der Waals surface area contributed by atoms with Crippen LogP contribution in [0.15, 0.2) is 42.5 Å². The number of ether oxygens (including phenoxy) is 1. The van der Waals surface area contributed by atoms with Gasteiger partial charge in [-0.3, -0.25) is 4.90 Å². The Morgan fingerprint density at radius 1 is 1.23 bits per heavy atom. The van der Waals surface area contributed by atoms with Gasteiger partial charge in [-0.1, -0.05) is 12.1 Å². The molecule has 2 aromatic carbocycles. The highest BCUT2D eigenvalue weighted by atomic mass is 16.5. The van der Waals surface area contributed by atoms with E-state index in [1.807, 2.05) is 36.4 Å². The van der Waals surface area contributed by atoms with Crippen molar-refractivity contribution >= 4 is 11.0 Å². The van der Waals surface area contributed by atoms with Crippen molar-refractivity contribution in [2.45, 2.75) is 25.3 Å². The second-order valence-corrected chi connectivity index (χ2v) is 6.87. The van der Waals surface area contributed by atoms with E-state index in [9.17, 15) is 0 Å². The van der Waals surface area contributed by atoms with Gasteiger partial charge in [0.25, 0.3) is 0 Å². The fraction of sp³-hybridized carbons (Fsp3) is 0.333. The summed E-state index contributed by atoms with van der Waals surface area (Å²) in [5.74, 6) is 2.40. The molecule has 2 heterocycles. The van der Waals surface area contributed by atoms with E-state index in [0.29, 0.717) is 5.92 Å². The molecule has 1 fully saturated rings. The molecule has 1 aliphatic rings. The van der Waals surface area contributed by atoms with Crippen molar-refractivity contribution in [3.05, 3.63) is 59.4 Å². The average Bonchev–Trinajstić information content (AvgIpc) is 3.12. The predicted octanol–water partition coefficient (Wildman–Crippen LogP) is 3.82. The van der Waals surface area contributed by atoms with E-state index in [-0.39, 0.29) is 0 Å². The number of hydrogen-bond donors (Lipinski definition) is 1. The summed E-state index contributed by atoms with van der Waals surface area (Å²) in [4.78, 5) is 10.7. The van der Waals surface area contributed by atoms with Crippen LogP contribution in [-0.4, -0.2) is 35.1 Å². The van der Waals surface area contributed by atoms with Gasteiger partial charge < -0.3 is 9.72 Å². The first-order valence-corrected chi connectivity index (χ1v) is 9.00. The molecule has 1 N–H and O–H groups in total. The van der Waals surface area contributed by atoms with Gasteiger partial charge in [0.15, 0.2) is 0 Å². The molecule has 1 saturated heterocycles. The third-order valence-electron chi connectivity index (χ3n) is 5.14. The summed E-state index contributed by atoms with van der Waals surface area (Å²) in [5.41, 5.74) is 3.97. The monoisotopic (exact) mass is 346 g/mol. The highest BCUT2D eigenvalue weighted by Gasteiger charge is 2.23. The number of H-pyrrole nitrogens is 1. The van der Waals surface area contributed by atoms with Crippen LogP contribution in [0.5, 0.6) is 5.75 Å². The lowest BCUT2D eigenvalue weighted by Gasteiger charge is -2.31.